The number of rotatable bonds is 3. The van der Waals surface area contributed by atoms with Crippen LogP contribution in [-0.4, -0.2) is 29.9 Å². The van der Waals surface area contributed by atoms with E-state index in [4.69, 9.17) is 11.6 Å². The molecule has 0 saturated carbocycles. The van der Waals surface area contributed by atoms with Crippen LogP contribution in [0.15, 0.2) is 42.0 Å². The van der Waals surface area contributed by atoms with Gasteiger partial charge in [0, 0.05) is 22.8 Å². The van der Waals surface area contributed by atoms with Crippen molar-refractivity contribution in [3.8, 4) is 0 Å². The Morgan fingerprint density at radius 3 is 2.55 bits per heavy atom. The van der Waals surface area contributed by atoms with E-state index in [1.54, 1.807) is 0 Å². The first-order valence-corrected chi connectivity index (χ1v) is 11.2. The standard InChI is InChI=1S/C25H25ClFN3O3/c1-5-29-21-12-18(26)15(10-16(21)14(2)13-25(29,3)4)11-17-22(31)28-24(33)30(23(17)32)20-9-7-6-8-19(20)27/h6-12,14H,5,13H2,1-4H3,(H,28,31,33)/b17-11-. The molecule has 2 heterocycles. The van der Waals surface area contributed by atoms with Gasteiger partial charge >= 0.3 is 6.03 Å². The van der Waals surface area contributed by atoms with Gasteiger partial charge in [0.2, 0.25) is 0 Å². The molecule has 6 nitrogen and oxygen atoms in total. The van der Waals surface area contributed by atoms with Gasteiger partial charge in [-0.2, -0.15) is 0 Å². The predicted molar refractivity (Wildman–Crippen MR) is 127 cm³/mol. The number of imide groups is 2. The van der Waals surface area contributed by atoms with Crippen LogP contribution in [0, 0.1) is 5.82 Å². The molecule has 1 fully saturated rings. The summed E-state index contributed by atoms with van der Waals surface area (Å²) in [7, 11) is 0. The first-order valence-electron chi connectivity index (χ1n) is 10.8. The fourth-order valence-corrected chi connectivity index (χ4v) is 5.11. The molecule has 2 aromatic carbocycles. The van der Waals surface area contributed by atoms with E-state index < -0.39 is 23.7 Å². The lowest BCUT2D eigenvalue weighted by Crippen LogP contribution is -2.54. The molecule has 33 heavy (non-hydrogen) atoms. The summed E-state index contributed by atoms with van der Waals surface area (Å²) in [5.74, 6) is -2.28. The van der Waals surface area contributed by atoms with E-state index in [2.05, 4.69) is 37.9 Å². The third-order valence-corrected chi connectivity index (χ3v) is 6.64. The molecule has 4 amide bonds. The second kappa shape index (κ2) is 8.30. The molecule has 1 N–H and O–H groups in total. The number of carbonyl (C=O) groups excluding carboxylic acids is 3. The second-order valence-electron chi connectivity index (χ2n) is 9.00. The second-order valence-corrected chi connectivity index (χ2v) is 9.41. The number of hydrogen-bond acceptors (Lipinski definition) is 4. The highest BCUT2D eigenvalue weighted by molar-refractivity contribution is 6.40. The van der Waals surface area contributed by atoms with Gasteiger partial charge in [-0.1, -0.05) is 30.7 Å². The third kappa shape index (κ3) is 3.91. The molecule has 1 atom stereocenters. The Labute approximate surface area is 197 Å². The van der Waals surface area contributed by atoms with E-state index in [1.165, 1.54) is 24.3 Å². The predicted octanol–water partition coefficient (Wildman–Crippen LogP) is 5.26. The van der Waals surface area contributed by atoms with Gasteiger partial charge in [0.1, 0.15) is 11.4 Å². The average Bonchev–Trinajstić information content (AvgIpc) is 2.72. The van der Waals surface area contributed by atoms with Crippen molar-refractivity contribution in [3.05, 3.63) is 63.9 Å². The van der Waals surface area contributed by atoms with Crippen LogP contribution >= 0.6 is 11.6 Å². The van der Waals surface area contributed by atoms with E-state index in [0.29, 0.717) is 15.5 Å². The zero-order chi connectivity index (χ0) is 24.1. The molecule has 1 saturated heterocycles. The van der Waals surface area contributed by atoms with Crippen LogP contribution in [0.4, 0.5) is 20.6 Å². The number of urea groups is 1. The number of hydrogen-bond donors (Lipinski definition) is 1. The number of carbonyl (C=O) groups is 3. The Kier molecular flexibility index (Phi) is 5.78. The largest absolute Gasteiger partial charge is 0.366 e. The van der Waals surface area contributed by atoms with E-state index in [0.717, 1.165) is 30.3 Å². The first kappa shape index (κ1) is 23.0. The highest BCUT2D eigenvalue weighted by Gasteiger charge is 2.39. The Balaban J connectivity index is 1.79. The Morgan fingerprint density at radius 1 is 1.18 bits per heavy atom. The average molecular weight is 470 g/mol. The molecular formula is C25H25ClFN3O3. The van der Waals surface area contributed by atoms with Crippen molar-refractivity contribution in [2.24, 2.45) is 0 Å². The summed E-state index contributed by atoms with van der Waals surface area (Å²) in [5, 5.41) is 2.49. The van der Waals surface area contributed by atoms with Gasteiger partial charge in [-0.3, -0.25) is 14.9 Å². The number of benzene rings is 2. The lowest BCUT2D eigenvalue weighted by molar-refractivity contribution is -0.122. The normalized spacial score (nSPS) is 21.3. The van der Waals surface area contributed by atoms with Crippen molar-refractivity contribution in [1.82, 2.24) is 5.32 Å². The van der Waals surface area contributed by atoms with Crippen LogP contribution in [0.2, 0.25) is 5.02 Å². The smallest absolute Gasteiger partial charge is 0.336 e. The van der Waals surface area contributed by atoms with Gasteiger partial charge < -0.3 is 4.90 Å². The van der Waals surface area contributed by atoms with Crippen LogP contribution < -0.4 is 15.1 Å². The minimum absolute atomic E-state index is 0.0374. The van der Waals surface area contributed by atoms with E-state index >= 15 is 0 Å². The highest BCUT2D eigenvalue weighted by atomic mass is 35.5. The molecule has 172 valence electrons. The van der Waals surface area contributed by atoms with E-state index in [9.17, 15) is 18.8 Å². The maximum Gasteiger partial charge on any atom is 0.336 e. The zero-order valence-electron chi connectivity index (χ0n) is 18.9. The van der Waals surface area contributed by atoms with Gasteiger partial charge in [0.15, 0.2) is 0 Å². The molecule has 1 unspecified atom stereocenters. The molecule has 2 aliphatic rings. The topological polar surface area (TPSA) is 69.7 Å². The Bertz CT molecular complexity index is 1210. The molecule has 2 aromatic rings. The molecule has 0 bridgehead atoms. The number of nitrogens with zero attached hydrogens (tertiary/aromatic N) is 2. The van der Waals surface area contributed by atoms with Crippen LogP contribution in [0.3, 0.4) is 0 Å². The quantitative estimate of drug-likeness (QED) is 0.492. The van der Waals surface area contributed by atoms with Gasteiger partial charge in [-0.15, -0.1) is 0 Å². The van der Waals surface area contributed by atoms with Crippen molar-refractivity contribution >= 4 is 46.9 Å². The summed E-state index contributed by atoms with van der Waals surface area (Å²) in [6.07, 6.45) is 2.30. The molecule has 4 rings (SSSR count). The minimum Gasteiger partial charge on any atom is -0.366 e. The van der Waals surface area contributed by atoms with Crippen molar-refractivity contribution in [1.29, 1.82) is 0 Å². The van der Waals surface area contributed by atoms with E-state index in [-0.39, 0.29) is 22.7 Å². The minimum atomic E-state index is -1.00. The summed E-state index contributed by atoms with van der Waals surface area (Å²) in [5.41, 5.74) is 2.01. The summed E-state index contributed by atoms with van der Waals surface area (Å²) in [6, 6.07) is 8.13. The van der Waals surface area contributed by atoms with Crippen molar-refractivity contribution < 1.29 is 18.8 Å². The molecule has 0 spiro atoms. The number of fused-ring (bicyclic) bond motifs is 1. The monoisotopic (exact) mass is 469 g/mol. The lowest BCUT2D eigenvalue weighted by Gasteiger charge is -2.47. The van der Waals surface area contributed by atoms with Crippen LogP contribution in [0.1, 0.15) is 51.2 Å². The SMILES string of the molecule is CCN1c2cc(Cl)c(/C=C3/C(=O)NC(=O)N(c4ccccc4F)C3=O)cc2C(C)CC1(C)C. The molecule has 2 aliphatic heterocycles. The third-order valence-electron chi connectivity index (χ3n) is 6.32. The maximum absolute atomic E-state index is 14.3. The van der Waals surface area contributed by atoms with Crippen LogP contribution in [0.5, 0.6) is 0 Å². The number of barbiturate groups is 1. The number of amides is 4. The Hall–Kier alpha value is -3.19. The number of nitrogens with one attached hydrogen (secondary N) is 1. The van der Waals surface area contributed by atoms with Crippen LogP contribution in [-0.2, 0) is 9.59 Å². The maximum atomic E-state index is 14.3. The summed E-state index contributed by atoms with van der Waals surface area (Å²) in [4.78, 5) is 40.9. The fourth-order valence-electron chi connectivity index (χ4n) is 4.89. The van der Waals surface area contributed by atoms with Gasteiger partial charge in [0.25, 0.3) is 11.8 Å². The zero-order valence-corrected chi connectivity index (χ0v) is 19.7. The van der Waals surface area contributed by atoms with Crippen molar-refractivity contribution in [2.45, 2.75) is 45.6 Å². The summed E-state index contributed by atoms with van der Waals surface area (Å²) >= 11 is 6.59. The van der Waals surface area contributed by atoms with Gasteiger partial charge in [0.05, 0.1) is 5.69 Å². The first-order chi connectivity index (χ1) is 15.5. The molecule has 0 aromatic heterocycles. The summed E-state index contributed by atoms with van der Waals surface area (Å²) in [6.45, 7) is 9.42. The number of halogens is 2. The number of para-hydroxylation sites is 1. The van der Waals surface area contributed by atoms with Crippen LogP contribution in [0.25, 0.3) is 6.08 Å². The van der Waals surface area contributed by atoms with Gasteiger partial charge in [-0.05, 0) is 74.6 Å². The van der Waals surface area contributed by atoms with Crippen molar-refractivity contribution in [2.75, 3.05) is 16.3 Å². The molecular weight excluding hydrogens is 445 g/mol. The van der Waals surface area contributed by atoms with Gasteiger partial charge in [-0.25, -0.2) is 14.1 Å². The van der Waals surface area contributed by atoms with E-state index in [1.807, 2.05) is 12.1 Å². The fraction of sp³-hybridized carbons (Fsp3) is 0.320. The summed E-state index contributed by atoms with van der Waals surface area (Å²) < 4.78 is 14.3. The molecule has 0 aliphatic carbocycles. The Morgan fingerprint density at radius 2 is 1.88 bits per heavy atom. The van der Waals surface area contributed by atoms with Crippen molar-refractivity contribution in [3.63, 3.8) is 0 Å². The number of anilines is 2. The molecule has 8 heteroatoms. The highest BCUT2D eigenvalue weighted by Crippen LogP contribution is 2.45. The molecule has 0 radical (unpaired) electrons. The lowest BCUT2D eigenvalue weighted by atomic mass is 9.79.